The Hall–Kier alpha value is 0.130. The Labute approximate surface area is 111 Å². The summed E-state index contributed by atoms with van der Waals surface area (Å²) in [5.74, 6) is 4.23. The van der Waals surface area contributed by atoms with Crippen molar-refractivity contribution in [1.82, 2.24) is 10.2 Å². The first kappa shape index (κ1) is 12.2. The molecule has 5 heteroatoms. The second-order valence-corrected chi connectivity index (χ2v) is 7.64. The minimum absolute atomic E-state index is 0.371. The first-order valence-electron chi connectivity index (χ1n) is 6.57. The van der Waals surface area contributed by atoms with Crippen molar-refractivity contribution in [2.75, 3.05) is 30.3 Å². The first-order chi connectivity index (χ1) is 8.34. The number of rotatable bonds is 3. The number of carbonyl (C=O) groups excluding carboxylic acids is 1. The highest BCUT2D eigenvalue weighted by atomic mass is 32.2. The van der Waals surface area contributed by atoms with Gasteiger partial charge in [-0.1, -0.05) is 0 Å². The van der Waals surface area contributed by atoms with Gasteiger partial charge in [0.1, 0.15) is 0 Å². The zero-order valence-corrected chi connectivity index (χ0v) is 11.7. The number of hydrogen-bond acceptors (Lipinski definition) is 4. The van der Waals surface area contributed by atoms with Gasteiger partial charge in [-0.25, -0.2) is 0 Å². The van der Waals surface area contributed by atoms with Crippen molar-refractivity contribution in [1.29, 1.82) is 0 Å². The summed E-state index contributed by atoms with van der Waals surface area (Å²) in [4.78, 5) is 13.9. The number of hydrogen-bond donors (Lipinski definition) is 1. The lowest BCUT2D eigenvalue weighted by molar-refractivity contribution is -0.127. The second-order valence-electron chi connectivity index (χ2n) is 5.08. The second kappa shape index (κ2) is 5.41. The van der Waals surface area contributed by atoms with Crippen LogP contribution in [0.3, 0.4) is 0 Å². The molecular formula is C12H20N2OS2. The number of nitrogens with zero attached hydrogens (tertiary/aromatic N) is 1. The van der Waals surface area contributed by atoms with E-state index in [-0.39, 0.29) is 0 Å². The Kier molecular flexibility index (Phi) is 3.87. The van der Waals surface area contributed by atoms with E-state index in [0.717, 1.165) is 24.8 Å². The molecule has 96 valence electrons. The number of thioether (sulfide) groups is 2. The van der Waals surface area contributed by atoms with Gasteiger partial charge in [0, 0.05) is 54.1 Å². The van der Waals surface area contributed by atoms with Crippen molar-refractivity contribution in [3.63, 3.8) is 0 Å². The molecule has 3 saturated heterocycles. The van der Waals surface area contributed by atoms with Crippen molar-refractivity contribution in [2.45, 2.75) is 36.6 Å². The molecule has 3 fully saturated rings. The Bertz CT molecular complexity index is 294. The molecule has 0 aliphatic carbocycles. The summed E-state index contributed by atoms with van der Waals surface area (Å²) < 4.78 is 0. The van der Waals surface area contributed by atoms with Gasteiger partial charge in [-0.3, -0.25) is 4.79 Å². The van der Waals surface area contributed by atoms with Crippen LogP contribution in [0.4, 0.5) is 0 Å². The molecule has 0 aromatic heterocycles. The average molecular weight is 272 g/mol. The van der Waals surface area contributed by atoms with E-state index in [1.165, 1.54) is 30.1 Å². The van der Waals surface area contributed by atoms with Crippen LogP contribution in [0.15, 0.2) is 0 Å². The molecule has 0 spiro atoms. The highest BCUT2D eigenvalue weighted by Gasteiger charge is 2.42. The zero-order valence-electron chi connectivity index (χ0n) is 10.1. The molecule has 1 amide bonds. The van der Waals surface area contributed by atoms with Gasteiger partial charge >= 0.3 is 0 Å². The van der Waals surface area contributed by atoms with Crippen LogP contribution < -0.4 is 5.32 Å². The third-order valence-corrected chi connectivity index (χ3v) is 6.82. The van der Waals surface area contributed by atoms with E-state index in [1.54, 1.807) is 0 Å². The lowest BCUT2D eigenvalue weighted by Crippen LogP contribution is -2.42. The smallest absolute Gasteiger partial charge is 0.224 e. The van der Waals surface area contributed by atoms with Crippen LogP contribution in [0.5, 0.6) is 0 Å². The molecule has 3 atom stereocenters. The third kappa shape index (κ3) is 2.61. The molecule has 1 N–H and O–H groups in total. The van der Waals surface area contributed by atoms with Crippen molar-refractivity contribution in [3.05, 3.63) is 0 Å². The van der Waals surface area contributed by atoms with E-state index >= 15 is 0 Å². The average Bonchev–Trinajstić information content (AvgIpc) is 2.93. The molecule has 3 rings (SSSR count). The molecule has 0 saturated carbocycles. The minimum atomic E-state index is 0.371. The number of amides is 1. The number of carbonyl (C=O) groups is 1. The van der Waals surface area contributed by atoms with Gasteiger partial charge in [-0.2, -0.15) is 23.5 Å². The molecule has 0 radical (unpaired) electrons. The zero-order chi connectivity index (χ0) is 11.7. The number of fused-ring (bicyclic) bond motifs is 1. The van der Waals surface area contributed by atoms with Crippen LogP contribution in [0.1, 0.15) is 19.3 Å². The van der Waals surface area contributed by atoms with Crippen molar-refractivity contribution in [2.24, 2.45) is 0 Å². The fourth-order valence-electron chi connectivity index (χ4n) is 3.11. The van der Waals surface area contributed by atoms with Gasteiger partial charge in [0.05, 0.1) is 0 Å². The van der Waals surface area contributed by atoms with E-state index in [2.05, 4.69) is 33.7 Å². The summed E-state index contributed by atoms with van der Waals surface area (Å²) >= 11 is 4.16. The summed E-state index contributed by atoms with van der Waals surface area (Å²) in [7, 11) is 0. The summed E-state index contributed by atoms with van der Waals surface area (Å²) in [6.45, 7) is 2.08. The Morgan fingerprint density at radius 2 is 2.35 bits per heavy atom. The van der Waals surface area contributed by atoms with Crippen LogP contribution in [-0.4, -0.2) is 58.5 Å². The van der Waals surface area contributed by atoms with Gasteiger partial charge in [0.25, 0.3) is 0 Å². The maximum atomic E-state index is 11.8. The van der Waals surface area contributed by atoms with Gasteiger partial charge in [0.2, 0.25) is 5.91 Å². The van der Waals surface area contributed by atoms with E-state index < -0.39 is 0 Å². The Morgan fingerprint density at radius 1 is 1.41 bits per heavy atom. The maximum absolute atomic E-state index is 11.8. The fraction of sp³-hybridized carbons (Fsp3) is 0.917. The summed E-state index contributed by atoms with van der Waals surface area (Å²) in [5.41, 5.74) is 0. The van der Waals surface area contributed by atoms with Gasteiger partial charge in [-0.15, -0.1) is 0 Å². The summed E-state index contributed by atoms with van der Waals surface area (Å²) in [6, 6.07) is 0.932. The molecule has 17 heavy (non-hydrogen) atoms. The van der Waals surface area contributed by atoms with Crippen LogP contribution in [-0.2, 0) is 4.79 Å². The van der Waals surface area contributed by atoms with Crippen molar-refractivity contribution >= 4 is 29.4 Å². The van der Waals surface area contributed by atoms with Crippen molar-refractivity contribution in [3.8, 4) is 0 Å². The molecule has 0 aromatic rings. The predicted molar refractivity (Wildman–Crippen MR) is 74.7 cm³/mol. The van der Waals surface area contributed by atoms with Gasteiger partial charge in [0.15, 0.2) is 0 Å². The minimum Gasteiger partial charge on any atom is -0.338 e. The van der Waals surface area contributed by atoms with Crippen LogP contribution >= 0.6 is 23.5 Å². The molecule has 0 aromatic carbocycles. The topological polar surface area (TPSA) is 32.3 Å². The SMILES string of the molecule is O=C1CC(NCC2CSCCS2)C2CCCN12. The predicted octanol–water partition coefficient (Wildman–Crippen LogP) is 1.19. The Balaban J connectivity index is 1.50. The monoisotopic (exact) mass is 272 g/mol. The standard InChI is InChI=1S/C12H20N2OS2/c15-12-6-10(11-2-1-3-14(11)12)13-7-9-8-16-4-5-17-9/h9-11,13H,1-8H2. The molecule has 3 nitrogen and oxygen atoms in total. The summed E-state index contributed by atoms with van der Waals surface area (Å²) in [5, 5.41) is 4.41. The molecule has 3 heterocycles. The normalized spacial score (nSPS) is 37.5. The lowest BCUT2D eigenvalue weighted by Gasteiger charge is -2.25. The largest absolute Gasteiger partial charge is 0.338 e. The van der Waals surface area contributed by atoms with E-state index in [9.17, 15) is 4.79 Å². The van der Waals surface area contributed by atoms with Gasteiger partial charge in [-0.05, 0) is 12.8 Å². The molecule has 3 aliphatic heterocycles. The van der Waals surface area contributed by atoms with Crippen LogP contribution in [0.2, 0.25) is 0 Å². The number of nitrogens with one attached hydrogen (secondary N) is 1. The molecule has 3 unspecified atom stereocenters. The van der Waals surface area contributed by atoms with Gasteiger partial charge < -0.3 is 10.2 Å². The fourth-order valence-corrected chi connectivity index (χ4v) is 5.73. The quantitative estimate of drug-likeness (QED) is 0.836. The van der Waals surface area contributed by atoms with E-state index in [4.69, 9.17) is 0 Å². The Morgan fingerprint density at radius 3 is 3.18 bits per heavy atom. The van der Waals surface area contributed by atoms with Crippen LogP contribution in [0, 0.1) is 0 Å². The van der Waals surface area contributed by atoms with E-state index in [0.29, 0.717) is 18.0 Å². The first-order valence-corrected chi connectivity index (χ1v) is 8.77. The van der Waals surface area contributed by atoms with Crippen molar-refractivity contribution < 1.29 is 4.79 Å². The van der Waals surface area contributed by atoms with E-state index in [1.807, 2.05) is 0 Å². The summed E-state index contributed by atoms with van der Waals surface area (Å²) in [6.07, 6.45) is 3.13. The third-order valence-electron chi connectivity index (χ3n) is 3.97. The molecule has 0 bridgehead atoms. The highest BCUT2D eigenvalue weighted by molar-refractivity contribution is 8.06. The highest BCUT2D eigenvalue weighted by Crippen LogP contribution is 2.30. The lowest BCUT2D eigenvalue weighted by atomic mass is 10.1. The van der Waals surface area contributed by atoms with Crippen LogP contribution in [0.25, 0.3) is 0 Å². The molecule has 3 aliphatic rings. The molecular weight excluding hydrogens is 252 g/mol. The maximum Gasteiger partial charge on any atom is 0.224 e.